The van der Waals surface area contributed by atoms with Crippen molar-refractivity contribution in [2.75, 3.05) is 6.61 Å². The largest absolute Gasteiger partial charge is 0.375 e. The number of ether oxygens (including phenoxy) is 1. The Hall–Kier alpha value is -0.250. The van der Waals surface area contributed by atoms with Crippen LogP contribution >= 0.6 is 0 Å². The van der Waals surface area contributed by atoms with E-state index in [-0.39, 0.29) is 11.8 Å². The first-order chi connectivity index (χ1) is 15.0. The Morgan fingerprint density at radius 2 is 1.23 bits per heavy atom. The maximum Gasteiger partial charge on any atom is 0.157 e. The van der Waals surface area contributed by atoms with Gasteiger partial charge in [0, 0.05) is 12.5 Å². The van der Waals surface area contributed by atoms with Crippen LogP contribution in [0.1, 0.15) is 97.3 Å². The molecule has 0 amide bonds. The van der Waals surface area contributed by atoms with E-state index in [1.54, 1.807) is 0 Å². The van der Waals surface area contributed by atoms with Gasteiger partial charge in [-0.1, -0.05) is 32.6 Å². The maximum absolute atomic E-state index is 15.6. The molecule has 4 aliphatic carbocycles. The van der Waals surface area contributed by atoms with Crippen LogP contribution in [0.25, 0.3) is 0 Å². The topological polar surface area (TPSA) is 9.23 Å². The average molecular weight is 443 g/mol. The molecule has 0 aromatic rings. The Kier molecular flexibility index (Phi) is 8.31. The van der Waals surface area contributed by atoms with Crippen molar-refractivity contribution in [3.05, 3.63) is 0 Å². The molecule has 4 heteroatoms. The molecule has 4 aliphatic rings. The summed E-state index contributed by atoms with van der Waals surface area (Å²) in [5.41, 5.74) is 0. The van der Waals surface area contributed by atoms with Crippen molar-refractivity contribution in [1.29, 1.82) is 0 Å². The lowest BCUT2D eigenvalue weighted by atomic mass is 9.59. The van der Waals surface area contributed by atoms with Crippen LogP contribution < -0.4 is 0 Å². The lowest BCUT2D eigenvalue weighted by Gasteiger charge is -2.49. The van der Waals surface area contributed by atoms with E-state index < -0.39 is 30.5 Å². The van der Waals surface area contributed by atoms with E-state index in [4.69, 9.17) is 4.74 Å². The summed E-state index contributed by atoms with van der Waals surface area (Å²) < 4.78 is 50.7. The fourth-order valence-electron chi connectivity index (χ4n) is 8.13. The molecule has 4 rings (SSSR count). The highest BCUT2D eigenvalue weighted by molar-refractivity contribution is 5.02. The van der Waals surface area contributed by atoms with Crippen molar-refractivity contribution in [3.8, 4) is 0 Å². The Morgan fingerprint density at radius 3 is 1.84 bits per heavy atom. The van der Waals surface area contributed by atoms with E-state index in [0.717, 1.165) is 43.4 Å². The van der Waals surface area contributed by atoms with Crippen molar-refractivity contribution in [2.45, 2.75) is 122 Å². The molecular weight excluding hydrogens is 397 g/mol. The van der Waals surface area contributed by atoms with Crippen LogP contribution in [0.15, 0.2) is 0 Å². The first kappa shape index (κ1) is 23.9. The van der Waals surface area contributed by atoms with Gasteiger partial charge in [0.1, 0.15) is 12.3 Å². The molecule has 0 N–H and O–H groups in total. The number of rotatable bonds is 6. The molecule has 0 aromatic carbocycles. The molecule has 0 aliphatic heterocycles. The molecule has 1 nitrogen and oxygen atoms in total. The second kappa shape index (κ2) is 10.8. The summed E-state index contributed by atoms with van der Waals surface area (Å²) in [6.07, 6.45) is 9.87. The molecule has 0 spiro atoms. The molecule has 0 saturated heterocycles. The number of alkyl halides is 3. The van der Waals surface area contributed by atoms with E-state index in [9.17, 15) is 8.78 Å². The first-order valence-electron chi connectivity index (χ1n) is 13.6. The third-order valence-corrected chi connectivity index (χ3v) is 9.81. The van der Waals surface area contributed by atoms with Crippen LogP contribution in [-0.2, 0) is 4.74 Å². The maximum atomic E-state index is 15.6. The average Bonchev–Trinajstić information content (AvgIpc) is 2.78. The summed E-state index contributed by atoms with van der Waals surface area (Å²) in [7, 11) is 0. The van der Waals surface area contributed by atoms with E-state index in [1.165, 1.54) is 51.4 Å². The molecule has 0 heterocycles. The van der Waals surface area contributed by atoms with Crippen molar-refractivity contribution < 1.29 is 17.9 Å². The van der Waals surface area contributed by atoms with Gasteiger partial charge in [-0.3, -0.25) is 0 Å². The Morgan fingerprint density at radius 1 is 0.645 bits per heavy atom. The standard InChI is InChI=1S/C27H45F3O/c1-3-5-17-6-8-18(9-7-17)19-10-12-20(13-11-19)22-15-14-21-16-23(31-4-2)26(29)27(30)24(21)25(22)28/h17-27H,3-16H2,1-2H3. The van der Waals surface area contributed by atoms with E-state index in [1.807, 2.05) is 6.92 Å². The number of halogens is 3. The monoisotopic (exact) mass is 442 g/mol. The summed E-state index contributed by atoms with van der Waals surface area (Å²) in [6, 6.07) is 0. The SMILES string of the molecule is CCCC1CCC(C2CCC(C3CCC4CC(OCC)C(F)C(F)C4C3F)CC2)CC1. The van der Waals surface area contributed by atoms with E-state index >= 15 is 4.39 Å². The van der Waals surface area contributed by atoms with Crippen LogP contribution in [0.3, 0.4) is 0 Å². The van der Waals surface area contributed by atoms with Crippen LogP contribution in [0.4, 0.5) is 13.2 Å². The molecule has 0 bridgehead atoms. The second-order valence-corrected chi connectivity index (χ2v) is 11.4. The summed E-state index contributed by atoms with van der Waals surface area (Å²) in [6.45, 7) is 4.50. The minimum atomic E-state index is -1.71. The predicted octanol–water partition coefficient (Wildman–Crippen LogP) is 7.86. The highest BCUT2D eigenvalue weighted by Crippen LogP contribution is 2.52. The van der Waals surface area contributed by atoms with Crippen molar-refractivity contribution in [2.24, 2.45) is 41.4 Å². The second-order valence-electron chi connectivity index (χ2n) is 11.4. The van der Waals surface area contributed by atoms with Gasteiger partial charge in [0.15, 0.2) is 6.17 Å². The molecule has 31 heavy (non-hydrogen) atoms. The number of fused-ring (bicyclic) bond motifs is 1. The van der Waals surface area contributed by atoms with Gasteiger partial charge in [-0.25, -0.2) is 13.2 Å². The van der Waals surface area contributed by atoms with Gasteiger partial charge in [0.25, 0.3) is 0 Å². The van der Waals surface area contributed by atoms with Crippen molar-refractivity contribution in [3.63, 3.8) is 0 Å². The zero-order chi connectivity index (χ0) is 22.0. The predicted molar refractivity (Wildman–Crippen MR) is 120 cm³/mol. The molecular formula is C27H45F3O. The third kappa shape index (κ3) is 5.14. The lowest BCUT2D eigenvalue weighted by Crippen LogP contribution is -2.54. The molecule has 180 valence electrons. The Balaban J connectivity index is 1.29. The Bertz CT molecular complexity index is 539. The van der Waals surface area contributed by atoms with Crippen LogP contribution in [-0.4, -0.2) is 31.2 Å². The van der Waals surface area contributed by atoms with Gasteiger partial charge < -0.3 is 4.74 Å². The molecule has 7 unspecified atom stereocenters. The summed E-state index contributed by atoms with van der Waals surface area (Å²) in [5.74, 6) is 2.15. The first-order valence-corrected chi connectivity index (χ1v) is 13.6. The van der Waals surface area contributed by atoms with Crippen LogP contribution in [0, 0.1) is 41.4 Å². The number of hydrogen-bond acceptors (Lipinski definition) is 1. The van der Waals surface area contributed by atoms with Crippen molar-refractivity contribution >= 4 is 0 Å². The molecule has 4 saturated carbocycles. The summed E-state index contributed by atoms with van der Waals surface area (Å²) in [5, 5.41) is 0. The van der Waals surface area contributed by atoms with Gasteiger partial charge in [-0.15, -0.1) is 0 Å². The third-order valence-electron chi connectivity index (χ3n) is 9.81. The van der Waals surface area contributed by atoms with Gasteiger partial charge in [-0.2, -0.15) is 0 Å². The lowest BCUT2D eigenvalue weighted by molar-refractivity contribution is -0.134. The zero-order valence-electron chi connectivity index (χ0n) is 19.8. The van der Waals surface area contributed by atoms with Gasteiger partial charge in [-0.05, 0) is 100 Å². The van der Waals surface area contributed by atoms with Gasteiger partial charge in [0.05, 0.1) is 6.10 Å². The minimum absolute atomic E-state index is 0.0561. The smallest absolute Gasteiger partial charge is 0.157 e. The summed E-state index contributed by atoms with van der Waals surface area (Å²) >= 11 is 0. The highest BCUT2D eigenvalue weighted by Gasteiger charge is 2.54. The minimum Gasteiger partial charge on any atom is -0.375 e. The van der Waals surface area contributed by atoms with E-state index in [2.05, 4.69) is 6.92 Å². The molecule has 7 atom stereocenters. The number of hydrogen-bond donors (Lipinski definition) is 0. The van der Waals surface area contributed by atoms with Crippen LogP contribution in [0.2, 0.25) is 0 Å². The quantitative estimate of drug-likeness (QED) is 0.407. The Labute approximate surface area is 188 Å². The van der Waals surface area contributed by atoms with E-state index in [0.29, 0.717) is 18.9 Å². The zero-order valence-corrected chi connectivity index (χ0v) is 19.8. The fraction of sp³-hybridized carbons (Fsp3) is 1.00. The summed E-state index contributed by atoms with van der Waals surface area (Å²) in [4.78, 5) is 0. The van der Waals surface area contributed by atoms with Crippen molar-refractivity contribution in [1.82, 2.24) is 0 Å². The van der Waals surface area contributed by atoms with Crippen LogP contribution in [0.5, 0.6) is 0 Å². The normalized spacial score (nSPS) is 48.9. The highest BCUT2D eigenvalue weighted by atomic mass is 19.2. The fourth-order valence-corrected chi connectivity index (χ4v) is 8.13. The van der Waals surface area contributed by atoms with Gasteiger partial charge in [0.2, 0.25) is 0 Å². The molecule has 4 fully saturated rings. The van der Waals surface area contributed by atoms with Gasteiger partial charge >= 0.3 is 0 Å². The molecule has 0 aromatic heterocycles. The molecule has 0 radical (unpaired) electrons.